The number of benzene rings is 1. The zero-order valence-electron chi connectivity index (χ0n) is 14.2. The Kier molecular flexibility index (Phi) is 5.42. The number of primary amides is 1. The van der Waals surface area contributed by atoms with Crippen molar-refractivity contribution in [1.29, 1.82) is 5.26 Å². The third-order valence-corrected chi connectivity index (χ3v) is 3.49. The molecule has 4 N–H and O–H groups in total. The summed E-state index contributed by atoms with van der Waals surface area (Å²) in [5.74, 6) is -1.93. The number of carbonyl (C=O) groups excluding carboxylic acids is 1. The molecule has 1 aromatic heterocycles. The van der Waals surface area contributed by atoms with E-state index in [2.05, 4.69) is 4.98 Å². The molecule has 2 aromatic rings. The molecule has 134 valence electrons. The molecule has 8 nitrogen and oxygen atoms in total. The molecule has 8 heteroatoms. The number of amides is 1. The van der Waals surface area contributed by atoms with Gasteiger partial charge >= 0.3 is 5.97 Å². The van der Waals surface area contributed by atoms with Crippen LogP contribution in [0, 0.1) is 17.2 Å². The van der Waals surface area contributed by atoms with Gasteiger partial charge in [-0.3, -0.25) is 9.59 Å². The second kappa shape index (κ2) is 7.53. The van der Waals surface area contributed by atoms with Crippen LogP contribution in [0.4, 0.5) is 0 Å². The van der Waals surface area contributed by atoms with Crippen LogP contribution >= 0.6 is 0 Å². The van der Waals surface area contributed by atoms with E-state index in [0.717, 1.165) is 6.07 Å². The topological polar surface area (TPSA) is 146 Å². The number of nitrogens with one attached hydrogen (secondary N) is 1. The molecule has 2 rings (SSSR count). The minimum absolute atomic E-state index is 0.143. The second-order valence-corrected chi connectivity index (χ2v) is 6.00. The van der Waals surface area contributed by atoms with Gasteiger partial charge < -0.3 is 20.6 Å². The highest BCUT2D eigenvalue weighted by Crippen LogP contribution is 2.26. The zero-order chi connectivity index (χ0) is 19.4. The first-order chi connectivity index (χ1) is 12.2. The van der Waals surface area contributed by atoms with Crippen LogP contribution in [0.1, 0.15) is 40.1 Å². The Morgan fingerprint density at radius 1 is 1.35 bits per heavy atom. The van der Waals surface area contributed by atoms with Gasteiger partial charge in [0, 0.05) is 5.69 Å². The van der Waals surface area contributed by atoms with Crippen molar-refractivity contribution in [3.05, 3.63) is 51.3 Å². The van der Waals surface area contributed by atoms with Crippen LogP contribution < -0.4 is 16.0 Å². The van der Waals surface area contributed by atoms with Crippen LogP contribution in [-0.4, -0.2) is 28.6 Å². The van der Waals surface area contributed by atoms with E-state index in [-0.39, 0.29) is 17.2 Å². The van der Waals surface area contributed by atoms with Crippen LogP contribution in [0.15, 0.2) is 29.1 Å². The van der Waals surface area contributed by atoms with Gasteiger partial charge in [-0.1, -0.05) is 13.8 Å². The molecule has 0 saturated carbocycles. The maximum Gasteiger partial charge on any atom is 0.336 e. The summed E-state index contributed by atoms with van der Waals surface area (Å²) in [5, 5.41) is 18.6. The van der Waals surface area contributed by atoms with Gasteiger partial charge in [-0.05, 0) is 35.7 Å². The number of H-pyrrole nitrogens is 1. The number of ether oxygens (including phenoxy) is 1. The lowest BCUT2D eigenvalue weighted by Gasteiger charge is -2.12. The Bertz CT molecular complexity index is 970. The molecule has 0 fully saturated rings. The minimum atomic E-state index is -1.46. The number of carboxylic acid groups (broad SMARTS) is 1. The van der Waals surface area contributed by atoms with Gasteiger partial charge in [-0.2, -0.15) is 5.26 Å². The number of hydrogen-bond donors (Lipinski definition) is 3. The predicted octanol–water partition coefficient (Wildman–Crippen LogP) is 1.75. The number of nitrogens with zero attached hydrogens (tertiary/aromatic N) is 1. The van der Waals surface area contributed by atoms with E-state index in [0.29, 0.717) is 17.9 Å². The Morgan fingerprint density at radius 2 is 2.04 bits per heavy atom. The lowest BCUT2D eigenvalue weighted by Crippen LogP contribution is -2.27. The Morgan fingerprint density at radius 3 is 2.58 bits per heavy atom. The first-order valence-electron chi connectivity index (χ1n) is 7.72. The van der Waals surface area contributed by atoms with E-state index in [9.17, 15) is 24.8 Å². The molecule has 0 bridgehead atoms. The van der Waals surface area contributed by atoms with Crippen molar-refractivity contribution in [3.63, 3.8) is 0 Å². The average Bonchev–Trinajstić information content (AvgIpc) is 2.58. The first-order valence-corrected chi connectivity index (χ1v) is 7.72. The number of aromatic nitrogens is 1. The lowest BCUT2D eigenvalue weighted by molar-refractivity contribution is 0.0691. The fraction of sp³-hybridized carbons (Fsp3) is 0.222. The molecule has 0 radical (unpaired) electrons. The quantitative estimate of drug-likeness (QED) is 0.719. The smallest absolute Gasteiger partial charge is 0.336 e. The molecule has 0 aliphatic rings. The largest absolute Gasteiger partial charge is 0.492 e. The minimum Gasteiger partial charge on any atom is -0.492 e. The Balaban J connectivity index is 2.55. The van der Waals surface area contributed by atoms with Gasteiger partial charge in [-0.15, -0.1) is 0 Å². The van der Waals surface area contributed by atoms with E-state index in [1.165, 1.54) is 6.07 Å². The van der Waals surface area contributed by atoms with Gasteiger partial charge in [0.2, 0.25) is 0 Å². The Hall–Kier alpha value is -3.60. The fourth-order valence-corrected chi connectivity index (χ4v) is 2.30. The molecular formula is C18H17N3O5. The van der Waals surface area contributed by atoms with Gasteiger partial charge in [-0.25, -0.2) is 4.79 Å². The van der Waals surface area contributed by atoms with E-state index in [4.69, 9.17) is 10.5 Å². The molecular weight excluding hydrogens is 338 g/mol. The van der Waals surface area contributed by atoms with Crippen molar-refractivity contribution in [2.45, 2.75) is 13.8 Å². The average molecular weight is 355 g/mol. The fourth-order valence-electron chi connectivity index (χ4n) is 2.30. The molecule has 1 amide bonds. The van der Waals surface area contributed by atoms with E-state index < -0.39 is 28.6 Å². The molecule has 1 aromatic carbocycles. The first kappa shape index (κ1) is 18.7. The van der Waals surface area contributed by atoms with E-state index in [1.807, 2.05) is 19.9 Å². The number of nitriles is 1. The highest BCUT2D eigenvalue weighted by molar-refractivity contribution is 6.04. The zero-order valence-corrected chi connectivity index (χ0v) is 14.2. The van der Waals surface area contributed by atoms with Crippen molar-refractivity contribution < 1.29 is 19.4 Å². The maximum absolute atomic E-state index is 12.1. The molecule has 0 atom stereocenters. The van der Waals surface area contributed by atoms with Crippen molar-refractivity contribution in [1.82, 2.24) is 4.98 Å². The third kappa shape index (κ3) is 3.89. The summed E-state index contributed by atoms with van der Waals surface area (Å²) in [4.78, 5) is 37.2. The highest BCUT2D eigenvalue weighted by Gasteiger charge is 2.20. The summed E-state index contributed by atoms with van der Waals surface area (Å²) < 4.78 is 5.57. The molecule has 0 aliphatic heterocycles. The predicted molar refractivity (Wildman–Crippen MR) is 93.0 cm³/mol. The number of rotatable bonds is 6. The summed E-state index contributed by atoms with van der Waals surface area (Å²) in [6, 6.07) is 7.75. The summed E-state index contributed by atoms with van der Waals surface area (Å²) in [6.45, 7) is 4.37. The molecule has 26 heavy (non-hydrogen) atoms. The van der Waals surface area contributed by atoms with E-state index >= 15 is 0 Å². The summed E-state index contributed by atoms with van der Waals surface area (Å²) in [6.07, 6.45) is 0. The molecule has 0 aliphatic carbocycles. The summed E-state index contributed by atoms with van der Waals surface area (Å²) >= 11 is 0. The van der Waals surface area contributed by atoms with Gasteiger partial charge in [0.05, 0.1) is 17.7 Å². The number of carboxylic acids is 1. The number of aromatic amines is 1. The standard InChI is InChI=1S/C18H17N3O5/c1-9(2)8-26-14-4-3-10(5-11(14)7-19)13-6-12(18(24)25)15(16(20)22)17(23)21-13/h3-6,9H,8H2,1-2H3,(H2,20,22)(H,21,23)(H,24,25). The summed E-state index contributed by atoms with van der Waals surface area (Å²) in [7, 11) is 0. The number of hydrogen-bond acceptors (Lipinski definition) is 5. The van der Waals surface area contributed by atoms with Gasteiger partial charge in [0.15, 0.2) is 0 Å². The molecule has 0 saturated heterocycles. The number of pyridine rings is 1. The number of carbonyl (C=O) groups is 2. The van der Waals surface area contributed by atoms with Gasteiger partial charge in [0.1, 0.15) is 17.4 Å². The van der Waals surface area contributed by atoms with Crippen LogP contribution in [0.3, 0.4) is 0 Å². The molecule has 0 spiro atoms. The highest BCUT2D eigenvalue weighted by atomic mass is 16.5. The molecule has 1 heterocycles. The molecule has 0 unspecified atom stereocenters. The van der Waals surface area contributed by atoms with Crippen LogP contribution in [0.5, 0.6) is 5.75 Å². The second-order valence-electron chi connectivity index (χ2n) is 6.00. The van der Waals surface area contributed by atoms with Crippen molar-refractivity contribution in [2.24, 2.45) is 11.7 Å². The van der Waals surface area contributed by atoms with Gasteiger partial charge in [0.25, 0.3) is 11.5 Å². The number of aromatic carboxylic acids is 1. The van der Waals surface area contributed by atoms with Crippen molar-refractivity contribution >= 4 is 11.9 Å². The van der Waals surface area contributed by atoms with Crippen LogP contribution in [0.25, 0.3) is 11.3 Å². The van der Waals surface area contributed by atoms with E-state index in [1.54, 1.807) is 12.1 Å². The summed E-state index contributed by atoms with van der Waals surface area (Å²) in [5.41, 5.74) is 3.82. The normalized spacial score (nSPS) is 10.4. The monoisotopic (exact) mass is 355 g/mol. The van der Waals surface area contributed by atoms with Crippen molar-refractivity contribution in [2.75, 3.05) is 6.61 Å². The van der Waals surface area contributed by atoms with Crippen molar-refractivity contribution in [3.8, 4) is 23.1 Å². The Labute approximate surface area is 148 Å². The van der Waals surface area contributed by atoms with Crippen LogP contribution in [-0.2, 0) is 0 Å². The number of nitrogens with two attached hydrogens (primary N) is 1. The van der Waals surface area contributed by atoms with Crippen LogP contribution in [0.2, 0.25) is 0 Å². The maximum atomic E-state index is 12.1. The lowest BCUT2D eigenvalue weighted by atomic mass is 10.0. The SMILES string of the molecule is CC(C)COc1ccc(-c2cc(C(=O)O)c(C(N)=O)c(=O)[nH]2)cc1C#N. The third-order valence-electron chi connectivity index (χ3n) is 3.49.